The Bertz CT molecular complexity index is 5760. The molecule has 5 amide bonds. The highest BCUT2D eigenvalue weighted by atomic mass is 35.5. The first-order valence-corrected chi connectivity index (χ1v) is 45.7. The lowest BCUT2D eigenvalue weighted by Crippen LogP contribution is -2.42. The SMILES string of the molecule is CC(N)[C@@H](C(=O)Nc1cc2ccncc2cc1Cl)C1CCCCC1.CCN(C)C(C)[C@@H](C(=O)Nc1ccc2cnccc2c1F)c1ccccc1.CNCC[C@H](C(=O)Nc1ccc2cnccc2c1)c1ccccc1.O=C(Nc1ccc2cnccc2c1)[C@H](CN1CCCCC1)c1ccccc1.O=C(Nc1ccc2cnccc2c1Cl)[C@@H](C1CCCC1)C1CCCN1. The van der Waals surface area contributed by atoms with Crippen molar-refractivity contribution in [2.75, 3.05) is 79.9 Å². The number of nitrogens with two attached hydrogens (primary N) is 1. The fourth-order valence-electron chi connectivity index (χ4n) is 18.2. The van der Waals surface area contributed by atoms with E-state index in [1.54, 1.807) is 67.8 Å². The van der Waals surface area contributed by atoms with Crippen molar-refractivity contribution in [1.82, 2.24) is 45.4 Å². The van der Waals surface area contributed by atoms with Gasteiger partial charge in [-0.3, -0.25) is 48.9 Å². The molecule has 9 N–H and O–H groups in total. The standard InChI is InChI=1S/C23H25N3O.C22H24FN3O.C20H24ClN3O.C20H21N3O.C19H24ClN3O/c27-23(25-21-10-9-20-16-24-12-11-19(20)15-21)22(18-7-3-1-4-8-18)17-26-13-5-2-6-14-26;1-4-26(3)15(2)20(16-8-6-5-7-9-16)22(27)25-19-11-10-17-14-24-13-12-18(17)21(19)23;21-19-15-9-11-22-12-14(15)7-8-17(19)24-20(25)18(13-4-1-2-5-13)16-6-3-10-23-16;1-21-11-10-19(15-5-3-2-4-6-15)20(24)23-18-8-7-17-14-22-12-9-16(17)13-18;1-12(21)18(13-5-3-2-4-6-13)19(24)23-17-10-14-7-8-22-11-15(14)9-16(17)20/h1,3-4,7-12,15-16,22H,2,5-6,13-14,17H2,(H,25,27);5-15,20H,4H2,1-3H3,(H,25,27);7-9,11-13,16,18,23H,1-6,10H2,(H,24,25);2-9,12-14,19,21H,10-11H2,1H3,(H,23,24);7-13,18H,2-6,21H2,1H3,(H,23,24)/t22-;15?,20-;16?,18-;19-;12?,18-/m11001/s1. The molecule has 2 aliphatic heterocycles. The van der Waals surface area contributed by atoms with Gasteiger partial charge in [0.05, 0.1) is 56.7 Å². The zero-order valence-electron chi connectivity index (χ0n) is 73.3. The van der Waals surface area contributed by atoms with E-state index in [0.717, 1.165) is 155 Å². The van der Waals surface area contributed by atoms with Gasteiger partial charge in [0.1, 0.15) is 0 Å². The summed E-state index contributed by atoms with van der Waals surface area (Å²) in [5, 5.41) is 32.2. The maximum Gasteiger partial charge on any atom is 0.233 e. The van der Waals surface area contributed by atoms with Crippen molar-refractivity contribution in [2.45, 2.75) is 153 Å². The number of benzene rings is 8. The van der Waals surface area contributed by atoms with Gasteiger partial charge in [0.2, 0.25) is 29.5 Å². The molecule has 2 aliphatic carbocycles. The molecular formula is C104H118Cl2FN15O5. The van der Waals surface area contributed by atoms with Crippen molar-refractivity contribution in [3.8, 4) is 0 Å². The highest BCUT2D eigenvalue weighted by Gasteiger charge is 2.39. The van der Waals surface area contributed by atoms with Gasteiger partial charge in [-0.15, -0.1) is 0 Å². The van der Waals surface area contributed by atoms with E-state index < -0.39 is 11.7 Å². The number of fused-ring (bicyclic) bond motifs is 5. The van der Waals surface area contributed by atoms with Crippen LogP contribution in [0.15, 0.2) is 256 Å². The lowest BCUT2D eigenvalue weighted by Gasteiger charge is -2.31. The van der Waals surface area contributed by atoms with Crippen LogP contribution in [0.5, 0.6) is 0 Å². The second-order valence-electron chi connectivity index (χ2n) is 33.9. The number of likely N-dealkylation sites (N-methyl/N-ethyl adjacent to an activating group) is 1. The quantitative estimate of drug-likeness (QED) is 0.0264. The van der Waals surface area contributed by atoms with Crippen LogP contribution in [0.3, 0.4) is 0 Å². The lowest BCUT2D eigenvalue weighted by atomic mass is 9.76. The van der Waals surface area contributed by atoms with E-state index in [2.05, 4.69) is 84.1 Å². The number of anilines is 5. The lowest BCUT2D eigenvalue weighted by molar-refractivity contribution is -0.123. The van der Waals surface area contributed by atoms with E-state index in [1.807, 2.05) is 211 Å². The number of carbonyl (C=O) groups excluding carboxylic acids is 5. The Hall–Kier alpha value is -11.5. The zero-order chi connectivity index (χ0) is 89.0. The molecule has 17 rings (SSSR count). The maximum absolute atomic E-state index is 14.9. The summed E-state index contributed by atoms with van der Waals surface area (Å²) in [6, 6.07) is 61.9. The van der Waals surface area contributed by atoms with Crippen molar-refractivity contribution in [1.29, 1.82) is 0 Å². The van der Waals surface area contributed by atoms with Crippen molar-refractivity contribution >= 4 is 135 Å². The Labute approximate surface area is 755 Å². The molecule has 7 heterocycles. The number of pyridine rings is 5. The van der Waals surface area contributed by atoms with Gasteiger partial charge in [-0.05, 0) is 242 Å². The molecule has 4 fully saturated rings. The second kappa shape index (κ2) is 46.8. The largest absolute Gasteiger partial charge is 0.327 e. The molecule has 2 saturated heterocycles. The fraction of sp³-hybridized carbons (Fsp3) is 0.346. The predicted molar refractivity (Wildman–Crippen MR) is 516 cm³/mol. The molecule has 4 aliphatic rings. The molecule has 0 bridgehead atoms. The average molecular weight is 1750 g/mol. The molecule has 0 radical (unpaired) electrons. The number of likely N-dealkylation sites (tertiary alicyclic amines) is 1. The number of nitrogens with zero attached hydrogens (tertiary/aromatic N) is 7. The van der Waals surface area contributed by atoms with E-state index in [1.165, 1.54) is 51.4 Å². The van der Waals surface area contributed by atoms with Crippen LogP contribution < -0.4 is 43.0 Å². The summed E-state index contributed by atoms with van der Waals surface area (Å²) < 4.78 is 14.9. The van der Waals surface area contributed by atoms with Crippen molar-refractivity contribution < 1.29 is 28.4 Å². The Morgan fingerprint density at radius 1 is 0.480 bits per heavy atom. The number of halogens is 3. The molecule has 660 valence electrons. The molecular weight excluding hydrogens is 1630 g/mol. The minimum atomic E-state index is -0.438. The number of nitrogens with one attached hydrogen (secondary N) is 7. The van der Waals surface area contributed by atoms with Crippen molar-refractivity contribution in [3.05, 3.63) is 289 Å². The summed E-state index contributed by atoms with van der Waals surface area (Å²) in [5.74, 6) is -0.537. The van der Waals surface area contributed by atoms with E-state index in [0.29, 0.717) is 50.1 Å². The minimum Gasteiger partial charge on any atom is -0.327 e. The molecule has 3 unspecified atom stereocenters. The van der Waals surface area contributed by atoms with Crippen LogP contribution in [0.1, 0.15) is 152 Å². The summed E-state index contributed by atoms with van der Waals surface area (Å²) in [5.41, 5.74) is 12.3. The van der Waals surface area contributed by atoms with Crippen LogP contribution in [0.2, 0.25) is 10.0 Å². The molecule has 23 heteroatoms. The predicted octanol–water partition coefficient (Wildman–Crippen LogP) is 21.2. The van der Waals surface area contributed by atoms with Crippen LogP contribution in [-0.2, 0) is 24.0 Å². The summed E-state index contributed by atoms with van der Waals surface area (Å²) in [6.07, 6.45) is 34.7. The number of rotatable bonds is 25. The Morgan fingerprint density at radius 3 is 1.53 bits per heavy atom. The number of aromatic nitrogens is 5. The highest BCUT2D eigenvalue weighted by molar-refractivity contribution is 6.38. The normalized spacial score (nSPS) is 16.4. The van der Waals surface area contributed by atoms with Crippen LogP contribution in [0, 0.1) is 29.5 Å². The molecule has 20 nitrogen and oxygen atoms in total. The molecule has 5 aromatic heterocycles. The first-order chi connectivity index (χ1) is 61.9. The third kappa shape index (κ3) is 25.3. The molecule has 2 saturated carbocycles. The van der Waals surface area contributed by atoms with Gasteiger partial charge in [0.25, 0.3) is 0 Å². The van der Waals surface area contributed by atoms with E-state index in [4.69, 9.17) is 28.9 Å². The second-order valence-corrected chi connectivity index (χ2v) is 34.6. The minimum absolute atomic E-state index is 0.0184. The number of piperidine rings is 1. The number of hydrogen-bond donors (Lipinski definition) is 8. The third-order valence-electron chi connectivity index (χ3n) is 25.3. The topological polar surface area (TPSA) is 267 Å². The Balaban J connectivity index is 0.000000136. The molecule has 8 aromatic carbocycles. The Kier molecular flexibility index (Phi) is 34.3. The van der Waals surface area contributed by atoms with Gasteiger partial charge < -0.3 is 52.8 Å². The van der Waals surface area contributed by atoms with Gasteiger partial charge in [-0.25, -0.2) is 4.39 Å². The fourth-order valence-corrected chi connectivity index (χ4v) is 18.7. The third-order valence-corrected chi connectivity index (χ3v) is 26.0. The number of hydrogen-bond acceptors (Lipinski definition) is 15. The molecule has 8 atom stereocenters. The van der Waals surface area contributed by atoms with Crippen LogP contribution in [-0.4, -0.2) is 136 Å². The average Bonchev–Trinajstić information content (AvgIpc) is 1.76. The van der Waals surface area contributed by atoms with Gasteiger partial charge in [-0.2, -0.15) is 0 Å². The van der Waals surface area contributed by atoms with Crippen molar-refractivity contribution in [3.63, 3.8) is 0 Å². The highest BCUT2D eigenvalue weighted by Crippen LogP contribution is 2.40. The van der Waals surface area contributed by atoms with Gasteiger partial charge in [0, 0.05) is 136 Å². The van der Waals surface area contributed by atoms with E-state index in [-0.39, 0.29) is 71.0 Å². The van der Waals surface area contributed by atoms with Gasteiger partial charge >= 0.3 is 0 Å². The maximum atomic E-state index is 14.9. The van der Waals surface area contributed by atoms with Gasteiger partial charge in [-0.1, -0.05) is 184 Å². The molecule has 13 aromatic rings. The number of amides is 5. The Morgan fingerprint density at radius 2 is 0.961 bits per heavy atom. The van der Waals surface area contributed by atoms with Crippen LogP contribution in [0.25, 0.3) is 53.9 Å². The molecule has 127 heavy (non-hydrogen) atoms. The number of carbonyl (C=O) groups is 5. The monoisotopic (exact) mass is 1750 g/mol. The smallest absolute Gasteiger partial charge is 0.233 e. The first kappa shape index (κ1) is 93.1. The molecule has 0 spiro atoms. The van der Waals surface area contributed by atoms with Crippen molar-refractivity contribution in [2.24, 2.45) is 29.4 Å². The van der Waals surface area contributed by atoms with Crippen LogP contribution in [0.4, 0.5) is 32.8 Å². The summed E-state index contributed by atoms with van der Waals surface area (Å²) in [6.45, 7) is 11.5. The van der Waals surface area contributed by atoms with Gasteiger partial charge in [0.15, 0.2) is 5.82 Å². The summed E-state index contributed by atoms with van der Waals surface area (Å²) in [4.78, 5) is 90.2. The van der Waals surface area contributed by atoms with E-state index in [9.17, 15) is 28.4 Å². The zero-order valence-corrected chi connectivity index (χ0v) is 74.8. The first-order valence-electron chi connectivity index (χ1n) is 44.9. The summed E-state index contributed by atoms with van der Waals surface area (Å²) in [7, 11) is 3.88. The summed E-state index contributed by atoms with van der Waals surface area (Å²) >= 11 is 12.9. The van der Waals surface area contributed by atoms with E-state index >= 15 is 0 Å². The van der Waals surface area contributed by atoms with Crippen LogP contribution >= 0.6 is 23.2 Å².